The lowest BCUT2D eigenvalue weighted by atomic mass is 10.0. The van der Waals surface area contributed by atoms with Crippen molar-refractivity contribution in [2.24, 2.45) is 0 Å². The van der Waals surface area contributed by atoms with Gasteiger partial charge in [-0.3, -0.25) is 19.7 Å². The number of ketones is 1. The number of methoxy groups -OCH3 is 1. The lowest BCUT2D eigenvalue weighted by Crippen LogP contribution is -2.15. The topological polar surface area (TPSA) is 98.5 Å². The molecule has 0 aliphatic heterocycles. The molecule has 0 aliphatic carbocycles. The van der Waals surface area contributed by atoms with Gasteiger partial charge in [-0.15, -0.1) is 0 Å². The molecule has 0 heterocycles. The number of nitrogens with one attached hydrogen (secondary N) is 1. The minimum absolute atomic E-state index is 0.0219. The smallest absolute Gasteiger partial charge is 0.274 e. The highest BCUT2D eigenvalue weighted by atomic mass is 16.6. The van der Waals surface area contributed by atoms with Crippen molar-refractivity contribution < 1.29 is 19.2 Å². The molecule has 0 aromatic heterocycles. The number of amides is 1. The highest BCUT2D eigenvalue weighted by Gasteiger charge is 2.14. The Morgan fingerprint density at radius 1 is 1.20 bits per heavy atom. The first kappa shape index (κ1) is 18.1. The summed E-state index contributed by atoms with van der Waals surface area (Å²) in [6, 6.07) is 9.37. The highest BCUT2D eigenvalue weighted by molar-refractivity contribution is 5.96. The average Bonchev–Trinajstić information content (AvgIpc) is 2.56. The number of hydrogen-bond acceptors (Lipinski definition) is 5. The quantitative estimate of drug-likeness (QED) is 0.493. The highest BCUT2D eigenvalue weighted by Crippen LogP contribution is 2.24. The van der Waals surface area contributed by atoms with Crippen LogP contribution in [-0.4, -0.2) is 23.7 Å². The molecule has 0 aliphatic rings. The fourth-order valence-electron chi connectivity index (χ4n) is 2.40. The molecule has 2 aromatic carbocycles. The molecular weight excluding hydrogens is 324 g/mol. The first-order chi connectivity index (χ1) is 11.8. The van der Waals surface area contributed by atoms with Gasteiger partial charge in [-0.2, -0.15) is 0 Å². The zero-order chi connectivity index (χ0) is 18.6. The third-order valence-electron chi connectivity index (χ3n) is 3.73. The molecule has 0 spiro atoms. The Balaban J connectivity index is 2.20. The van der Waals surface area contributed by atoms with Crippen molar-refractivity contribution in [1.29, 1.82) is 0 Å². The fourth-order valence-corrected chi connectivity index (χ4v) is 2.40. The van der Waals surface area contributed by atoms with Crippen LogP contribution in [0.1, 0.15) is 28.4 Å². The van der Waals surface area contributed by atoms with Crippen LogP contribution in [0.4, 0.5) is 11.4 Å². The van der Waals surface area contributed by atoms with Gasteiger partial charge in [0.15, 0.2) is 5.78 Å². The van der Waals surface area contributed by atoms with Crippen LogP contribution in [0.15, 0.2) is 36.4 Å². The van der Waals surface area contributed by atoms with Crippen LogP contribution in [0.5, 0.6) is 5.75 Å². The summed E-state index contributed by atoms with van der Waals surface area (Å²) in [5.41, 5.74) is 1.83. The van der Waals surface area contributed by atoms with E-state index in [0.717, 1.165) is 0 Å². The zero-order valence-corrected chi connectivity index (χ0v) is 14.2. The molecule has 1 amide bonds. The molecule has 0 unspecified atom stereocenters. The van der Waals surface area contributed by atoms with Crippen molar-refractivity contribution in [2.75, 3.05) is 12.4 Å². The van der Waals surface area contributed by atoms with E-state index in [0.29, 0.717) is 28.1 Å². The largest absolute Gasteiger partial charge is 0.496 e. The molecule has 2 aromatic rings. The van der Waals surface area contributed by atoms with Crippen molar-refractivity contribution in [3.63, 3.8) is 0 Å². The second kappa shape index (κ2) is 7.57. The Morgan fingerprint density at radius 3 is 2.52 bits per heavy atom. The van der Waals surface area contributed by atoms with E-state index in [4.69, 9.17) is 4.74 Å². The first-order valence-electron chi connectivity index (χ1n) is 7.54. The molecule has 2 rings (SSSR count). The molecule has 0 fully saturated rings. The van der Waals surface area contributed by atoms with Gasteiger partial charge in [0.1, 0.15) is 5.75 Å². The van der Waals surface area contributed by atoms with Crippen LogP contribution in [0.3, 0.4) is 0 Å². The van der Waals surface area contributed by atoms with Crippen molar-refractivity contribution in [3.8, 4) is 5.75 Å². The summed E-state index contributed by atoms with van der Waals surface area (Å²) >= 11 is 0. The molecule has 7 nitrogen and oxygen atoms in total. The third-order valence-corrected chi connectivity index (χ3v) is 3.73. The van der Waals surface area contributed by atoms with Crippen LogP contribution >= 0.6 is 0 Å². The van der Waals surface area contributed by atoms with Crippen LogP contribution in [-0.2, 0) is 11.2 Å². The van der Waals surface area contributed by atoms with E-state index in [1.54, 1.807) is 37.3 Å². The zero-order valence-electron chi connectivity index (χ0n) is 14.2. The van der Waals surface area contributed by atoms with E-state index in [2.05, 4.69) is 5.32 Å². The maximum Gasteiger partial charge on any atom is 0.274 e. The maximum absolute atomic E-state index is 12.3. The van der Waals surface area contributed by atoms with Crippen molar-refractivity contribution in [3.05, 3.63) is 63.2 Å². The van der Waals surface area contributed by atoms with Gasteiger partial charge in [0.05, 0.1) is 18.5 Å². The van der Waals surface area contributed by atoms with E-state index in [1.165, 1.54) is 20.1 Å². The van der Waals surface area contributed by atoms with Gasteiger partial charge in [0.2, 0.25) is 5.91 Å². The summed E-state index contributed by atoms with van der Waals surface area (Å²) in [5.74, 6) is 0.0191. The number of nitrogens with zero attached hydrogens (tertiary/aromatic N) is 1. The monoisotopic (exact) mass is 342 g/mol. The van der Waals surface area contributed by atoms with Crippen molar-refractivity contribution in [2.45, 2.75) is 20.3 Å². The Bertz CT molecular complexity index is 845. The summed E-state index contributed by atoms with van der Waals surface area (Å²) in [6.45, 7) is 3.07. The fraction of sp³-hybridized carbons (Fsp3) is 0.222. The Hall–Kier alpha value is -3.22. The molecule has 130 valence electrons. The average molecular weight is 342 g/mol. The molecule has 0 atom stereocenters. The maximum atomic E-state index is 12.3. The van der Waals surface area contributed by atoms with Gasteiger partial charge in [0, 0.05) is 28.4 Å². The number of rotatable bonds is 6. The van der Waals surface area contributed by atoms with Gasteiger partial charge < -0.3 is 10.1 Å². The van der Waals surface area contributed by atoms with Crippen molar-refractivity contribution in [1.82, 2.24) is 0 Å². The number of ether oxygens (including phenoxy) is 1. The second-order valence-corrected chi connectivity index (χ2v) is 5.57. The molecule has 7 heteroatoms. The van der Waals surface area contributed by atoms with Crippen LogP contribution in [0.25, 0.3) is 0 Å². The summed E-state index contributed by atoms with van der Waals surface area (Å²) in [7, 11) is 1.48. The number of nitro groups is 1. The molecule has 0 bridgehead atoms. The molecule has 0 saturated heterocycles. The summed E-state index contributed by atoms with van der Waals surface area (Å²) in [6.07, 6.45) is -0.0219. The molecular formula is C18H18N2O5. The molecule has 0 radical (unpaired) electrons. The number of aryl methyl sites for hydroxylation is 1. The minimum atomic E-state index is -0.496. The molecule has 1 N–H and O–H groups in total. The third kappa shape index (κ3) is 4.41. The lowest BCUT2D eigenvalue weighted by molar-refractivity contribution is -0.385. The molecule has 0 saturated carbocycles. The first-order valence-corrected chi connectivity index (χ1v) is 7.54. The summed E-state index contributed by atoms with van der Waals surface area (Å²) in [4.78, 5) is 34.3. The Morgan fingerprint density at radius 2 is 1.92 bits per heavy atom. The summed E-state index contributed by atoms with van der Waals surface area (Å²) in [5, 5.41) is 13.6. The SMILES string of the molecule is COc1ccc(C(C)=O)cc1CC(=O)Nc1ccc(C)c([N+](=O)[O-])c1. The predicted molar refractivity (Wildman–Crippen MR) is 93.2 cm³/mol. The van der Waals surface area contributed by atoms with E-state index in [9.17, 15) is 19.7 Å². The standard InChI is InChI=1S/C18H18N2O5/c1-11-4-6-15(10-16(11)20(23)24)19-18(22)9-14-8-13(12(2)21)5-7-17(14)25-3/h4-8,10H,9H2,1-3H3,(H,19,22). The number of nitro benzene ring substituents is 1. The Labute approximate surface area is 144 Å². The number of benzene rings is 2. The van der Waals surface area contributed by atoms with E-state index in [-0.39, 0.29) is 23.8 Å². The van der Waals surface area contributed by atoms with Gasteiger partial charge >= 0.3 is 0 Å². The number of carbonyl (C=O) groups is 2. The second-order valence-electron chi connectivity index (χ2n) is 5.57. The van der Waals surface area contributed by atoms with Crippen LogP contribution in [0.2, 0.25) is 0 Å². The van der Waals surface area contributed by atoms with Gasteiger partial charge in [-0.25, -0.2) is 0 Å². The van der Waals surface area contributed by atoms with Gasteiger partial charge in [0.25, 0.3) is 5.69 Å². The number of anilines is 1. The summed E-state index contributed by atoms with van der Waals surface area (Å²) < 4.78 is 5.22. The van der Waals surface area contributed by atoms with E-state index in [1.807, 2.05) is 0 Å². The minimum Gasteiger partial charge on any atom is -0.496 e. The van der Waals surface area contributed by atoms with Crippen molar-refractivity contribution >= 4 is 23.1 Å². The lowest BCUT2D eigenvalue weighted by Gasteiger charge is -2.11. The number of carbonyl (C=O) groups excluding carboxylic acids is 2. The van der Waals surface area contributed by atoms with E-state index < -0.39 is 4.92 Å². The van der Waals surface area contributed by atoms with Crippen LogP contribution in [0, 0.1) is 17.0 Å². The predicted octanol–water partition coefficient (Wildman–Crippen LogP) is 3.30. The van der Waals surface area contributed by atoms with E-state index >= 15 is 0 Å². The molecule has 25 heavy (non-hydrogen) atoms. The van der Waals surface area contributed by atoms with Gasteiger partial charge in [-0.1, -0.05) is 6.07 Å². The number of Topliss-reactive ketones (excluding diaryl/α,β-unsaturated/α-hetero) is 1. The van der Waals surface area contributed by atoms with Gasteiger partial charge in [-0.05, 0) is 38.1 Å². The Kier molecular flexibility index (Phi) is 5.49. The number of hydrogen-bond donors (Lipinski definition) is 1. The normalized spacial score (nSPS) is 10.2. The van der Waals surface area contributed by atoms with Crippen LogP contribution < -0.4 is 10.1 Å².